The van der Waals surface area contributed by atoms with Crippen LogP contribution in [0.4, 0.5) is 13.2 Å². The van der Waals surface area contributed by atoms with Crippen LogP contribution in [0.3, 0.4) is 0 Å². The van der Waals surface area contributed by atoms with E-state index in [1.54, 1.807) is 18.3 Å². The van der Waals surface area contributed by atoms with Crippen LogP contribution in [0.5, 0.6) is 0 Å². The first-order valence-electron chi connectivity index (χ1n) is 12.2. The molecular formula is C26H28F3N7O5. The van der Waals surface area contributed by atoms with E-state index in [1.807, 2.05) is 0 Å². The quantitative estimate of drug-likeness (QED) is 0.302. The average molecular weight is 576 g/mol. The number of carbonyl (C=O) groups excluding carboxylic acids is 2. The number of amides is 2. The second-order valence-electron chi connectivity index (χ2n) is 8.58. The van der Waals surface area contributed by atoms with Crippen LogP contribution in [0.15, 0.2) is 76.4 Å². The van der Waals surface area contributed by atoms with Crippen molar-refractivity contribution in [1.29, 1.82) is 0 Å². The Morgan fingerprint density at radius 1 is 1.17 bits per heavy atom. The molecule has 0 unspecified atom stereocenters. The minimum absolute atomic E-state index is 0.0147. The lowest BCUT2D eigenvalue weighted by Gasteiger charge is -2.14. The molecular weight excluding hydrogens is 547 g/mol. The van der Waals surface area contributed by atoms with Gasteiger partial charge in [-0.2, -0.15) is 13.2 Å². The Kier molecular flexibility index (Phi) is 10.5. The molecule has 41 heavy (non-hydrogen) atoms. The van der Waals surface area contributed by atoms with Gasteiger partial charge >= 0.3 is 11.9 Å². The van der Waals surface area contributed by atoms with E-state index in [0.29, 0.717) is 29.4 Å². The Balaban J connectivity index is 0.000000436. The van der Waals surface area contributed by atoms with E-state index in [1.165, 1.54) is 25.6 Å². The summed E-state index contributed by atoms with van der Waals surface area (Å²) < 4.78 is 46.0. The number of halogens is 3. The normalized spacial score (nSPS) is 12.8. The summed E-state index contributed by atoms with van der Waals surface area (Å²) in [5, 5.41) is 8.34. The van der Waals surface area contributed by atoms with Gasteiger partial charge in [-0.25, -0.2) is 9.36 Å². The van der Waals surface area contributed by atoms with Crippen LogP contribution < -0.4 is 32.9 Å². The number of hydrogen-bond donors (Lipinski definition) is 4. The van der Waals surface area contributed by atoms with Crippen molar-refractivity contribution in [2.45, 2.75) is 19.3 Å². The number of primary amides is 1. The summed E-state index contributed by atoms with van der Waals surface area (Å²) in [7, 11) is 1.40. The zero-order valence-corrected chi connectivity index (χ0v) is 21.9. The first-order chi connectivity index (χ1) is 19.5. The van der Waals surface area contributed by atoms with Gasteiger partial charge in [-0.1, -0.05) is 6.07 Å². The molecule has 0 aliphatic carbocycles. The van der Waals surface area contributed by atoms with Crippen molar-refractivity contribution in [3.8, 4) is 5.69 Å². The van der Waals surface area contributed by atoms with Gasteiger partial charge in [0.25, 0.3) is 11.5 Å². The molecule has 3 aromatic rings. The Morgan fingerprint density at radius 2 is 1.90 bits per heavy atom. The van der Waals surface area contributed by atoms with E-state index >= 15 is 0 Å². The zero-order valence-electron chi connectivity index (χ0n) is 21.9. The lowest BCUT2D eigenvalue weighted by Crippen LogP contribution is -2.43. The molecule has 3 heterocycles. The number of aromatic nitrogens is 3. The van der Waals surface area contributed by atoms with Crippen LogP contribution >= 0.6 is 0 Å². The lowest BCUT2D eigenvalue weighted by atomic mass is 10.2. The van der Waals surface area contributed by atoms with E-state index in [2.05, 4.69) is 20.9 Å². The molecule has 2 aromatic heterocycles. The fourth-order valence-corrected chi connectivity index (χ4v) is 3.59. The molecule has 0 bridgehead atoms. The second-order valence-corrected chi connectivity index (χ2v) is 8.58. The second kappa shape index (κ2) is 14.0. The molecule has 12 nitrogen and oxygen atoms in total. The maximum Gasteiger partial charge on any atom is 0.416 e. The van der Waals surface area contributed by atoms with Gasteiger partial charge in [-0.05, 0) is 35.9 Å². The summed E-state index contributed by atoms with van der Waals surface area (Å²) in [6.45, 7) is 1.43. The minimum atomic E-state index is -4.67. The van der Waals surface area contributed by atoms with Crippen molar-refractivity contribution in [2.24, 2.45) is 5.73 Å². The van der Waals surface area contributed by atoms with Crippen LogP contribution in [-0.4, -0.2) is 52.9 Å². The number of nitrogens with zero attached hydrogens (tertiary/aromatic N) is 3. The van der Waals surface area contributed by atoms with Gasteiger partial charge in [0.1, 0.15) is 5.56 Å². The smallest absolute Gasteiger partial charge is 0.383 e. The van der Waals surface area contributed by atoms with E-state index in [4.69, 9.17) is 10.5 Å². The zero-order chi connectivity index (χ0) is 30.0. The molecule has 4 rings (SSSR count). The molecule has 0 atom stereocenters. The van der Waals surface area contributed by atoms with Gasteiger partial charge in [-0.15, -0.1) is 0 Å². The largest absolute Gasteiger partial charge is 0.416 e. The molecule has 1 aliphatic rings. The molecule has 0 saturated carbocycles. The number of alkyl halides is 3. The highest BCUT2D eigenvalue weighted by Gasteiger charge is 2.31. The molecule has 0 spiro atoms. The molecule has 0 saturated heterocycles. The Hall–Kier alpha value is -4.76. The number of nitrogens with two attached hydrogens (primary N) is 1. The first-order valence-corrected chi connectivity index (χ1v) is 12.2. The van der Waals surface area contributed by atoms with Crippen molar-refractivity contribution in [2.75, 3.05) is 26.9 Å². The van der Waals surface area contributed by atoms with E-state index in [-0.39, 0.29) is 31.3 Å². The Bertz CT molecular complexity index is 1520. The van der Waals surface area contributed by atoms with Crippen molar-refractivity contribution < 1.29 is 27.5 Å². The predicted octanol–water partition coefficient (Wildman–Crippen LogP) is 0.495. The van der Waals surface area contributed by atoms with Crippen molar-refractivity contribution in [3.63, 3.8) is 0 Å². The molecule has 218 valence electrons. The van der Waals surface area contributed by atoms with Crippen molar-refractivity contribution in [1.82, 2.24) is 30.1 Å². The van der Waals surface area contributed by atoms with Crippen LogP contribution in [0.2, 0.25) is 0 Å². The van der Waals surface area contributed by atoms with Crippen LogP contribution in [0, 0.1) is 0 Å². The van der Waals surface area contributed by atoms with Crippen LogP contribution in [0.1, 0.15) is 21.5 Å². The number of carbonyl (C=O) groups is 2. The SMILES string of the molecule is COCCn1cc(C(=O)NCc2ccncc2)c(=O)n(-c2cccc(C(F)(F)F)c2)c1=O.NC(=O)C1=CNCNC1. The molecule has 0 fully saturated rings. The monoisotopic (exact) mass is 575 g/mol. The third-order valence-electron chi connectivity index (χ3n) is 5.71. The maximum absolute atomic E-state index is 13.1. The minimum Gasteiger partial charge on any atom is -0.383 e. The topological polar surface area (TPSA) is 162 Å². The van der Waals surface area contributed by atoms with Crippen molar-refractivity contribution >= 4 is 11.8 Å². The summed E-state index contributed by atoms with van der Waals surface area (Å²) in [6.07, 6.45) is 1.11. The number of methoxy groups -OCH3 is 1. The highest BCUT2D eigenvalue weighted by atomic mass is 19.4. The number of ether oxygens (including phenoxy) is 1. The lowest BCUT2D eigenvalue weighted by molar-refractivity contribution is -0.137. The van der Waals surface area contributed by atoms with Gasteiger partial charge in [0, 0.05) is 50.6 Å². The van der Waals surface area contributed by atoms with Crippen LogP contribution in [-0.2, 0) is 28.8 Å². The maximum atomic E-state index is 13.1. The summed E-state index contributed by atoms with van der Waals surface area (Å²) in [5.41, 5.74) is 2.65. The van der Waals surface area contributed by atoms with Crippen LogP contribution in [0.25, 0.3) is 5.69 Å². The molecule has 2 amide bonds. The van der Waals surface area contributed by atoms with Gasteiger partial charge in [0.15, 0.2) is 0 Å². The summed E-state index contributed by atoms with van der Waals surface area (Å²) in [5.74, 6) is -1.14. The standard InChI is InChI=1S/C21H19F3N4O4.C5H9N3O/c1-32-10-9-27-13-17(18(29)26-12-14-5-7-25-8-6-14)19(30)28(20(27)31)16-4-2-3-15(11-16)21(22,23)24;6-5(9)4-1-7-3-8-2-4/h2-8,11,13H,9-10,12H2,1H3,(H,26,29);1,7-8H,2-3H2,(H2,6,9). The van der Waals surface area contributed by atoms with Gasteiger partial charge in [0.05, 0.1) is 31.1 Å². The highest BCUT2D eigenvalue weighted by Crippen LogP contribution is 2.29. The number of pyridine rings is 1. The average Bonchev–Trinajstić information content (AvgIpc) is 2.96. The summed E-state index contributed by atoms with van der Waals surface area (Å²) in [4.78, 5) is 52.9. The van der Waals surface area contributed by atoms with Crippen molar-refractivity contribution in [3.05, 3.63) is 104 Å². The summed E-state index contributed by atoms with van der Waals surface area (Å²) >= 11 is 0. The van der Waals surface area contributed by atoms with E-state index in [9.17, 15) is 32.3 Å². The number of nitrogens with one attached hydrogen (secondary N) is 3. The molecule has 5 N–H and O–H groups in total. The highest BCUT2D eigenvalue weighted by molar-refractivity contribution is 5.93. The first kappa shape index (κ1) is 30.8. The number of benzene rings is 1. The Labute approximate surface area is 231 Å². The third kappa shape index (κ3) is 8.36. The fourth-order valence-electron chi connectivity index (χ4n) is 3.59. The summed E-state index contributed by atoms with van der Waals surface area (Å²) in [6, 6.07) is 7.11. The number of hydrogen-bond acceptors (Lipinski definition) is 8. The molecule has 1 aliphatic heterocycles. The fraction of sp³-hybridized carbons (Fsp3) is 0.269. The van der Waals surface area contributed by atoms with Gasteiger partial charge in [0.2, 0.25) is 5.91 Å². The predicted molar refractivity (Wildman–Crippen MR) is 142 cm³/mol. The van der Waals surface area contributed by atoms with Gasteiger partial charge in [-0.3, -0.25) is 29.3 Å². The molecule has 15 heteroatoms. The molecule has 1 aromatic carbocycles. The molecule has 0 radical (unpaired) electrons. The number of rotatable bonds is 8. The van der Waals surface area contributed by atoms with E-state index < -0.39 is 34.5 Å². The van der Waals surface area contributed by atoms with Gasteiger partial charge < -0.3 is 21.1 Å². The Morgan fingerprint density at radius 3 is 2.49 bits per heavy atom. The van der Waals surface area contributed by atoms with E-state index in [0.717, 1.165) is 28.5 Å². The third-order valence-corrected chi connectivity index (χ3v) is 5.71.